The number of benzene rings is 6. The molecule has 0 amide bonds. The number of nitrogens with zero attached hydrogens (tertiary/aromatic N) is 1. The second-order valence-corrected chi connectivity index (χ2v) is 13.5. The molecule has 1 unspecified atom stereocenters. The molecule has 1 nitrogen and oxygen atoms in total. The Balaban J connectivity index is 1.33. The van der Waals surface area contributed by atoms with Crippen molar-refractivity contribution in [1.29, 1.82) is 0 Å². The van der Waals surface area contributed by atoms with Crippen LogP contribution in [0.1, 0.15) is 82.4 Å². The van der Waals surface area contributed by atoms with Crippen molar-refractivity contribution in [2.75, 3.05) is 4.90 Å². The Morgan fingerprint density at radius 2 is 0.574 bits per heavy atom. The first kappa shape index (κ1) is 32.1. The smallest absolute Gasteiger partial charge is 0.0462 e. The monoisotopic (exact) mass is 613 g/mol. The second kappa shape index (κ2) is 14.3. The van der Waals surface area contributed by atoms with Crippen LogP contribution in [-0.2, 0) is 0 Å². The predicted molar refractivity (Wildman–Crippen MR) is 204 cm³/mol. The highest BCUT2D eigenvalue weighted by atomic mass is 15.1. The molecule has 0 radical (unpaired) electrons. The first-order chi connectivity index (χ1) is 22.8. The van der Waals surface area contributed by atoms with Crippen molar-refractivity contribution in [3.05, 3.63) is 162 Å². The summed E-state index contributed by atoms with van der Waals surface area (Å²) in [5, 5.41) is 0. The molecule has 0 bridgehead atoms. The van der Waals surface area contributed by atoms with Gasteiger partial charge in [0.1, 0.15) is 0 Å². The lowest BCUT2D eigenvalue weighted by molar-refractivity contribution is 0.734. The molecule has 0 aliphatic rings. The van der Waals surface area contributed by atoms with Crippen LogP contribution in [0.15, 0.2) is 146 Å². The van der Waals surface area contributed by atoms with Gasteiger partial charge in [-0.25, -0.2) is 0 Å². The van der Waals surface area contributed by atoms with Gasteiger partial charge >= 0.3 is 0 Å². The molecule has 0 aliphatic carbocycles. The summed E-state index contributed by atoms with van der Waals surface area (Å²) < 4.78 is 0. The van der Waals surface area contributed by atoms with Crippen molar-refractivity contribution in [3.8, 4) is 33.4 Å². The first-order valence-corrected chi connectivity index (χ1v) is 17.2. The zero-order valence-corrected chi connectivity index (χ0v) is 28.7. The van der Waals surface area contributed by atoms with Crippen molar-refractivity contribution in [1.82, 2.24) is 0 Å². The summed E-state index contributed by atoms with van der Waals surface area (Å²) in [5.41, 5.74) is 14.9. The van der Waals surface area contributed by atoms with E-state index in [-0.39, 0.29) is 0 Å². The van der Waals surface area contributed by atoms with Crippen LogP contribution in [0.4, 0.5) is 17.1 Å². The zero-order chi connectivity index (χ0) is 32.9. The van der Waals surface area contributed by atoms with E-state index in [1.54, 1.807) is 0 Å². The summed E-state index contributed by atoms with van der Waals surface area (Å²) in [5.74, 6) is 1.64. The van der Waals surface area contributed by atoms with Crippen LogP contribution in [0.2, 0.25) is 0 Å². The fraction of sp³-hybridized carbons (Fsp3) is 0.217. The molecule has 0 aromatic heterocycles. The lowest BCUT2D eigenvalue weighted by atomic mass is 9.96. The molecule has 6 aromatic rings. The second-order valence-electron chi connectivity index (χ2n) is 13.5. The molecule has 0 spiro atoms. The van der Waals surface area contributed by atoms with Gasteiger partial charge in [0.2, 0.25) is 0 Å². The zero-order valence-electron chi connectivity index (χ0n) is 28.7. The maximum Gasteiger partial charge on any atom is 0.0462 e. The molecular weight excluding hydrogens is 567 g/mol. The van der Waals surface area contributed by atoms with Gasteiger partial charge < -0.3 is 4.90 Å². The van der Waals surface area contributed by atoms with Crippen LogP contribution in [0, 0.1) is 0 Å². The van der Waals surface area contributed by atoms with E-state index < -0.39 is 0 Å². The van der Waals surface area contributed by atoms with E-state index in [1.165, 1.54) is 50.1 Å². The fourth-order valence-corrected chi connectivity index (χ4v) is 6.22. The molecule has 0 saturated carbocycles. The fourth-order valence-electron chi connectivity index (χ4n) is 6.22. The summed E-state index contributed by atoms with van der Waals surface area (Å²) >= 11 is 0. The largest absolute Gasteiger partial charge is 0.311 e. The highest BCUT2D eigenvalue weighted by molar-refractivity contribution is 5.81. The van der Waals surface area contributed by atoms with Crippen molar-refractivity contribution in [2.45, 2.75) is 65.7 Å². The third-order valence-electron chi connectivity index (χ3n) is 9.62. The summed E-state index contributed by atoms with van der Waals surface area (Å²) in [6.07, 6.45) is 1.15. The quantitative estimate of drug-likeness (QED) is 0.149. The van der Waals surface area contributed by atoms with Crippen LogP contribution in [0.5, 0.6) is 0 Å². The molecule has 0 aliphatic heterocycles. The molecule has 1 heteroatoms. The average molecular weight is 614 g/mol. The highest BCUT2D eigenvalue weighted by Gasteiger charge is 2.14. The van der Waals surface area contributed by atoms with Gasteiger partial charge in [-0.05, 0) is 111 Å². The van der Waals surface area contributed by atoms with Crippen molar-refractivity contribution < 1.29 is 0 Å². The summed E-state index contributed by atoms with van der Waals surface area (Å²) in [4.78, 5) is 2.35. The third-order valence-corrected chi connectivity index (χ3v) is 9.62. The Morgan fingerprint density at radius 3 is 0.809 bits per heavy atom. The minimum Gasteiger partial charge on any atom is -0.311 e. The van der Waals surface area contributed by atoms with Gasteiger partial charge in [0.05, 0.1) is 0 Å². The Hall–Kier alpha value is -4.88. The summed E-state index contributed by atoms with van der Waals surface area (Å²) in [6.45, 7) is 13.5. The molecular formula is C46H47N. The minimum absolute atomic E-state index is 0.529. The van der Waals surface area contributed by atoms with Crippen LogP contribution in [0.25, 0.3) is 33.4 Å². The lowest BCUT2D eigenvalue weighted by Gasteiger charge is -2.26. The van der Waals surface area contributed by atoms with Gasteiger partial charge in [0, 0.05) is 17.1 Å². The van der Waals surface area contributed by atoms with Gasteiger partial charge in [-0.2, -0.15) is 0 Å². The molecule has 0 saturated heterocycles. The first-order valence-electron chi connectivity index (χ1n) is 17.2. The maximum absolute atomic E-state index is 2.35. The van der Waals surface area contributed by atoms with E-state index >= 15 is 0 Å². The van der Waals surface area contributed by atoms with E-state index in [4.69, 9.17) is 0 Å². The molecule has 6 aromatic carbocycles. The van der Waals surface area contributed by atoms with Gasteiger partial charge in [-0.15, -0.1) is 0 Å². The lowest BCUT2D eigenvalue weighted by Crippen LogP contribution is -2.09. The summed E-state index contributed by atoms with van der Waals surface area (Å²) in [6, 6.07) is 53.9. The van der Waals surface area contributed by atoms with Gasteiger partial charge in [-0.1, -0.05) is 151 Å². The van der Waals surface area contributed by atoms with Gasteiger partial charge in [0.25, 0.3) is 0 Å². The van der Waals surface area contributed by atoms with Crippen molar-refractivity contribution >= 4 is 17.1 Å². The molecule has 47 heavy (non-hydrogen) atoms. The van der Waals surface area contributed by atoms with Crippen LogP contribution in [0.3, 0.4) is 0 Å². The molecule has 1 atom stereocenters. The normalized spacial score (nSPS) is 12.0. The standard InChI is InChI=1S/C46H47N/c1-7-34(6)37-12-18-40(19-13-37)43-24-30-46(31-25-43)47(44-26-20-41(21-27-44)38-14-8-35(9-15-38)32(2)3)45-28-22-42(23-29-45)39-16-10-36(11-17-39)33(4)5/h8-34H,7H2,1-6H3. The average Bonchev–Trinajstić information content (AvgIpc) is 3.12. The molecule has 236 valence electrons. The Labute approximate surface area is 282 Å². The van der Waals surface area contributed by atoms with Crippen LogP contribution in [-0.4, -0.2) is 0 Å². The molecule has 0 heterocycles. The Bertz CT molecular complexity index is 1760. The molecule has 0 N–H and O–H groups in total. The van der Waals surface area contributed by atoms with E-state index in [1.807, 2.05) is 0 Å². The summed E-state index contributed by atoms with van der Waals surface area (Å²) in [7, 11) is 0. The Morgan fingerprint density at radius 1 is 0.340 bits per heavy atom. The van der Waals surface area contributed by atoms with Crippen molar-refractivity contribution in [3.63, 3.8) is 0 Å². The highest BCUT2D eigenvalue weighted by Crippen LogP contribution is 2.38. The number of rotatable bonds is 10. The van der Waals surface area contributed by atoms with E-state index in [0.717, 1.165) is 23.5 Å². The molecule has 0 fully saturated rings. The minimum atomic E-state index is 0.529. The maximum atomic E-state index is 2.35. The molecule has 6 rings (SSSR count). The van der Waals surface area contributed by atoms with Crippen LogP contribution < -0.4 is 4.90 Å². The van der Waals surface area contributed by atoms with Gasteiger partial charge in [0.15, 0.2) is 0 Å². The third kappa shape index (κ3) is 7.26. The predicted octanol–water partition coefficient (Wildman–Crippen LogP) is 13.9. The van der Waals surface area contributed by atoms with Crippen molar-refractivity contribution in [2.24, 2.45) is 0 Å². The van der Waals surface area contributed by atoms with E-state index in [9.17, 15) is 0 Å². The Kier molecular flexibility index (Phi) is 9.73. The number of hydrogen-bond donors (Lipinski definition) is 0. The van der Waals surface area contributed by atoms with Gasteiger partial charge in [-0.3, -0.25) is 0 Å². The van der Waals surface area contributed by atoms with E-state index in [2.05, 4.69) is 192 Å². The van der Waals surface area contributed by atoms with E-state index in [0.29, 0.717) is 17.8 Å². The number of anilines is 3. The number of hydrogen-bond acceptors (Lipinski definition) is 1. The SMILES string of the molecule is CCC(C)c1ccc(-c2ccc(N(c3ccc(-c4ccc(C(C)C)cc4)cc3)c3ccc(-c4ccc(C(C)C)cc4)cc3)cc2)cc1. The topological polar surface area (TPSA) is 3.24 Å². The van der Waals surface area contributed by atoms with Crippen LogP contribution >= 0.6 is 0 Å².